The molecule has 0 aliphatic heterocycles. The number of carbonyl (C=O) groups is 1. The molecule has 0 bridgehead atoms. The SMILES string of the molecule is O=C(Cc1ccccc1)Nc1cncc(-c2ccc3[nH]nc(-c4nc5c(-c6cccnc6)cncc5[nH]4)c3n2)c1. The Bertz CT molecular complexity index is 1980. The average molecular weight is 524 g/mol. The Kier molecular flexibility index (Phi) is 5.74. The Morgan fingerprint density at radius 3 is 2.52 bits per heavy atom. The van der Waals surface area contributed by atoms with Crippen molar-refractivity contribution in [1.82, 2.24) is 40.1 Å². The van der Waals surface area contributed by atoms with Gasteiger partial charge in [0.15, 0.2) is 11.5 Å². The molecule has 7 rings (SSSR count). The predicted molar refractivity (Wildman–Crippen MR) is 152 cm³/mol. The lowest BCUT2D eigenvalue weighted by Crippen LogP contribution is -2.14. The van der Waals surface area contributed by atoms with Crippen molar-refractivity contribution in [2.75, 3.05) is 5.32 Å². The van der Waals surface area contributed by atoms with Gasteiger partial charge in [-0.2, -0.15) is 5.10 Å². The van der Waals surface area contributed by atoms with E-state index in [0.717, 1.165) is 38.8 Å². The number of benzene rings is 1. The van der Waals surface area contributed by atoms with Crippen molar-refractivity contribution in [3.63, 3.8) is 0 Å². The molecular formula is C30H21N9O. The average Bonchev–Trinajstić information content (AvgIpc) is 3.62. The normalized spacial score (nSPS) is 11.2. The van der Waals surface area contributed by atoms with Crippen molar-refractivity contribution in [3.8, 4) is 33.9 Å². The maximum absolute atomic E-state index is 12.6. The number of aromatic amines is 2. The number of aromatic nitrogens is 8. The molecule has 0 spiro atoms. The number of nitrogens with one attached hydrogen (secondary N) is 3. The molecule has 0 aliphatic carbocycles. The molecular weight excluding hydrogens is 502 g/mol. The van der Waals surface area contributed by atoms with Crippen LogP contribution >= 0.6 is 0 Å². The summed E-state index contributed by atoms with van der Waals surface area (Å²) in [4.78, 5) is 38.6. The summed E-state index contributed by atoms with van der Waals surface area (Å²) in [5.74, 6) is 0.458. The van der Waals surface area contributed by atoms with Crippen LogP contribution in [0.25, 0.3) is 56.0 Å². The van der Waals surface area contributed by atoms with Crippen molar-refractivity contribution in [3.05, 3.63) is 103 Å². The summed E-state index contributed by atoms with van der Waals surface area (Å²) in [6.07, 6.45) is 10.7. The standard InChI is InChI=1S/C30H21N9O/c40-26(11-18-5-2-1-3-6-18)34-21-12-20(14-32-15-21)23-8-9-24-28(35-23)29(39-38-24)30-36-25-17-33-16-22(27(25)37-30)19-7-4-10-31-13-19/h1-10,12-17H,11H2,(H,34,40)(H,36,37)(H,38,39). The third kappa shape index (κ3) is 4.43. The Balaban J connectivity index is 1.21. The first-order valence-corrected chi connectivity index (χ1v) is 12.6. The molecule has 0 unspecified atom stereocenters. The van der Waals surface area contributed by atoms with Gasteiger partial charge in [-0.3, -0.25) is 24.8 Å². The van der Waals surface area contributed by atoms with Crippen LogP contribution in [0, 0.1) is 0 Å². The number of fused-ring (bicyclic) bond motifs is 2. The molecule has 40 heavy (non-hydrogen) atoms. The third-order valence-electron chi connectivity index (χ3n) is 6.52. The molecule has 1 aromatic carbocycles. The fourth-order valence-corrected chi connectivity index (χ4v) is 4.64. The Labute approximate surface area is 227 Å². The van der Waals surface area contributed by atoms with Gasteiger partial charge >= 0.3 is 0 Å². The molecule has 0 fully saturated rings. The van der Waals surface area contributed by atoms with Gasteiger partial charge in [0.05, 0.1) is 41.2 Å². The number of hydrogen-bond acceptors (Lipinski definition) is 7. The molecule has 1 amide bonds. The molecule has 0 saturated heterocycles. The van der Waals surface area contributed by atoms with Crippen LogP contribution in [-0.2, 0) is 11.2 Å². The van der Waals surface area contributed by atoms with Crippen LogP contribution < -0.4 is 5.32 Å². The van der Waals surface area contributed by atoms with E-state index < -0.39 is 0 Å². The second-order valence-corrected chi connectivity index (χ2v) is 9.25. The maximum Gasteiger partial charge on any atom is 0.228 e. The Hall–Kier alpha value is -5.77. The van der Waals surface area contributed by atoms with Gasteiger partial charge in [0.1, 0.15) is 11.0 Å². The Morgan fingerprint density at radius 1 is 0.775 bits per heavy atom. The lowest BCUT2D eigenvalue weighted by Gasteiger charge is -2.07. The minimum Gasteiger partial charge on any atom is -0.335 e. The fourth-order valence-electron chi connectivity index (χ4n) is 4.64. The van der Waals surface area contributed by atoms with E-state index in [1.165, 1.54) is 0 Å². The van der Waals surface area contributed by atoms with E-state index in [1.807, 2.05) is 60.7 Å². The van der Waals surface area contributed by atoms with Gasteiger partial charge in [-0.15, -0.1) is 0 Å². The predicted octanol–water partition coefficient (Wildman–Crippen LogP) is 5.20. The topological polar surface area (TPSA) is 138 Å². The van der Waals surface area contributed by atoms with Crippen molar-refractivity contribution >= 4 is 33.7 Å². The number of nitrogens with zero attached hydrogens (tertiary/aromatic N) is 6. The van der Waals surface area contributed by atoms with E-state index >= 15 is 0 Å². The van der Waals surface area contributed by atoms with E-state index in [0.29, 0.717) is 28.4 Å². The molecule has 192 valence electrons. The monoisotopic (exact) mass is 523 g/mol. The van der Waals surface area contributed by atoms with E-state index in [4.69, 9.17) is 9.97 Å². The zero-order valence-corrected chi connectivity index (χ0v) is 21.0. The van der Waals surface area contributed by atoms with Crippen LogP contribution in [0.1, 0.15) is 5.56 Å². The van der Waals surface area contributed by atoms with Crippen LogP contribution in [0.5, 0.6) is 0 Å². The van der Waals surface area contributed by atoms with E-state index in [9.17, 15) is 4.79 Å². The number of hydrogen-bond donors (Lipinski definition) is 3. The zero-order chi connectivity index (χ0) is 26.9. The number of amides is 1. The molecule has 0 saturated carbocycles. The summed E-state index contributed by atoms with van der Waals surface area (Å²) in [5.41, 5.74) is 8.36. The van der Waals surface area contributed by atoms with E-state index in [-0.39, 0.29) is 12.3 Å². The number of anilines is 1. The molecule has 10 heteroatoms. The van der Waals surface area contributed by atoms with Gasteiger partial charge in [0.2, 0.25) is 5.91 Å². The Morgan fingerprint density at radius 2 is 1.65 bits per heavy atom. The van der Waals surface area contributed by atoms with E-state index in [2.05, 4.69) is 35.5 Å². The summed E-state index contributed by atoms with van der Waals surface area (Å²) in [6.45, 7) is 0. The highest BCUT2D eigenvalue weighted by Crippen LogP contribution is 2.31. The second-order valence-electron chi connectivity index (χ2n) is 9.25. The highest BCUT2D eigenvalue weighted by atomic mass is 16.1. The number of imidazole rings is 1. The van der Waals surface area contributed by atoms with Crippen molar-refractivity contribution in [2.24, 2.45) is 0 Å². The summed E-state index contributed by atoms with van der Waals surface area (Å²) in [7, 11) is 0. The molecule has 0 aliphatic rings. The first kappa shape index (κ1) is 23.4. The molecule has 3 N–H and O–H groups in total. The van der Waals surface area contributed by atoms with Crippen molar-refractivity contribution in [2.45, 2.75) is 6.42 Å². The summed E-state index contributed by atoms with van der Waals surface area (Å²) in [5, 5.41) is 10.5. The lowest BCUT2D eigenvalue weighted by molar-refractivity contribution is -0.115. The maximum atomic E-state index is 12.6. The minimum absolute atomic E-state index is 0.115. The molecule has 6 aromatic heterocycles. The summed E-state index contributed by atoms with van der Waals surface area (Å²) < 4.78 is 0. The first-order chi connectivity index (χ1) is 19.7. The quantitative estimate of drug-likeness (QED) is 0.272. The van der Waals surface area contributed by atoms with Crippen LogP contribution in [0.4, 0.5) is 5.69 Å². The number of pyridine rings is 4. The molecule has 7 aromatic rings. The zero-order valence-electron chi connectivity index (χ0n) is 21.0. The third-order valence-corrected chi connectivity index (χ3v) is 6.52. The van der Waals surface area contributed by atoms with Gasteiger partial charge in [-0.25, -0.2) is 9.97 Å². The molecule has 6 heterocycles. The molecule has 0 atom stereocenters. The highest BCUT2D eigenvalue weighted by molar-refractivity contribution is 5.96. The summed E-state index contributed by atoms with van der Waals surface area (Å²) in [6, 6.07) is 19.1. The van der Waals surface area contributed by atoms with Gasteiger partial charge in [0.25, 0.3) is 0 Å². The van der Waals surface area contributed by atoms with Gasteiger partial charge in [-0.1, -0.05) is 36.4 Å². The molecule has 10 nitrogen and oxygen atoms in total. The van der Waals surface area contributed by atoms with Crippen molar-refractivity contribution < 1.29 is 4.79 Å². The minimum atomic E-state index is -0.115. The fraction of sp³-hybridized carbons (Fsp3) is 0.0333. The van der Waals surface area contributed by atoms with Crippen LogP contribution in [0.15, 0.2) is 97.8 Å². The second kappa shape index (κ2) is 9.84. The van der Waals surface area contributed by atoms with Crippen LogP contribution in [0.3, 0.4) is 0 Å². The van der Waals surface area contributed by atoms with Gasteiger partial charge in [-0.05, 0) is 29.8 Å². The number of rotatable bonds is 6. The smallest absolute Gasteiger partial charge is 0.228 e. The first-order valence-electron chi connectivity index (χ1n) is 12.6. The largest absolute Gasteiger partial charge is 0.335 e. The highest BCUT2D eigenvalue weighted by Gasteiger charge is 2.17. The van der Waals surface area contributed by atoms with Crippen molar-refractivity contribution in [1.29, 1.82) is 0 Å². The molecule has 0 radical (unpaired) electrons. The van der Waals surface area contributed by atoms with Crippen LogP contribution in [0.2, 0.25) is 0 Å². The van der Waals surface area contributed by atoms with E-state index in [1.54, 1.807) is 37.2 Å². The lowest BCUT2D eigenvalue weighted by atomic mass is 10.1. The van der Waals surface area contributed by atoms with Gasteiger partial charge < -0.3 is 10.3 Å². The number of carbonyl (C=O) groups excluding carboxylic acids is 1. The van der Waals surface area contributed by atoms with Gasteiger partial charge in [0, 0.05) is 41.5 Å². The summed E-state index contributed by atoms with van der Waals surface area (Å²) >= 11 is 0. The van der Waals surface area contributed by atoms with Crippen LogP contribution in [-0.4, -0.2) is 46.0 Å². The number of H-pyrrole nitrogens is 2.